The van der Waals surface area contributed by atoms with E-state index in [1.165, 1.54) is 12.8 Å². The predicted molar refractivity (Wildman–Crippen MR) is 46.2 cm³/mol. The SMILES string of the molecule is C=C[SiH2]NC(CC)CC. The maximum atomic E-state index is 3.70. The van der Waals surface area contributed by atoms with E-state index >= 15 is 0 Å². The molecule has 0 heterocycles. The lowest BCUT2D eigenvalue weighted by Gasteiger charge is -2.11. The second-order valence-electron chi connectivity index (χ2n) is 2.21. The summed E-state index contributed by atoms with van der Waals surface area (Å²) >= 11 is 0. The fraction of sp³-hybridized carbons (Fsp3) is 0.714. The first-order valence-electron chi connectivity index (χ1n) is 3.69. The molecule has 0 aromatic heterocycles. The summed E-state index contributed by atoms with van der Waals surface area (Å²) in [4.78, 5) is 3.49. The minimum atomic E-state index is -0.134. The van der Waals surface area contributed by atoms with Gasteiger partial charge < -0.3 is 4.98 Å². The van der Waals surface area contributed by atoms with Gasteiger partial charge in [0.1, 0.15) is 9.68 Å². The molecule has 0 radical (unpaired) electrons. The zero-order chi connectivity index (χ0) is 7.11. The summed E-state index contributed by atoms with van der Waals surface area (Å²) in [5, 5.41) is 0. The quantitative estimate of drug-likeness (QED) is 0.566. The van der Waals surface area contributed by atoms with Gasteiger partial charge in [0.15, 0.2) is 0 Å². The second kappa shape index (κ2) is 6.04. The number of nitrogens with one attached hydrogen (secondary N) is 1. The molecule has 1 nitrogen and oxygen atoms in total. The molecule has 0 saturated carbocycles. The Hall–Kier alpha value is -0.0831. The molecule has 0 saturated heterocycles. The summed E-state index contributed by atoms with van der Waals surface area (Å²) in [6.07, 6.45) is 2.49. The third kappa shape index (κ3) is 4.42. The largest absolute Gasteiger partial charge is 0.336 e. The summed E-state index contributed by atoms with van der Waals surface area (Å²) in [5.41, 5.74) is 2.04. The van der Waals surface area contributed by atoms with Crippen LogP contribution in [-0.4, -0.2) is 15.7 Å². The Morgan fingerprint density at radius 3 is 2.44 bits per heavy atom. The van der Waals surface area contributed by atoms with Crippen LogP contribution in [0.3, 0.4) is 0 Å². The highest BCUT2D eigenvalue weighted by atomic mass is 28.2. The summed E-state index contributed by atoms with van der Waals surface area (Å²) in [6, 6.07) is 0.745. The first-order valence-corrected chi connectivity index (χ1v) is 5.21. The Morgan fingerprint density at radius 2 is 2.11 bits per heavy atom. The Balaban J connectivity index is 3.19. The zero-order valence-corrected chi connectivity index (χ0v) is 7.90. The van der Waals surface area contributed by atoms with E-state index in [1.54, 1.807) is 0 Å². The van der Waals surface area contributed by atoms with Crippen LogP contribution >= 0.6 is 0 Å². The van der Waals surface area contributed by atoms with Crippen LogP contribution in [0.5, 0.6) is 0 Å². The van der Waals surface area contributed by atoms with Crippen LogP contribution in [0.4, 0.5) is 0 Å². The van der Waals surface area contributed by atoms with Gasteiger partial charge in [0.25, 0.3) is 0 Å². The smallest absolute Gasteiger partial charge is 0.116 e. The van der Waals surface area contributed by atoms with Crippen molar-refractivity contribution in [1.29, 1.82) is 0 Å². The van der Waals surface area contributed by atoms with Crippen LogP contribution in [0.25, 0.3) is 0 Å². The molecule has 9 heavy (non-hydrogen) atoms. The standard InChI is InChI=1S/C7H17NSi/c1-4-7(5-2)8-9-6-3/h6-8H,3-5,9H2,1-2H3. The van der Waals surface area contributed by atoms with Crippen LogP contribution in [-0.2, 0) is 0 Å². The fourth-order valence-electron chi connectivity index (χ4n) is 0.827. The van der Waals surface area contributed by atoms with Crippen molar-refractivity contribution >= 4 is 9.68 Å². The molecule has 0 rings (SSSR count). The van der Waals surface area contributed by atoms with E-state index in [0.29, 0.717) is 0 Å². The van der Waals surface area contributed by atoms with Crippen molar-refractivity contribution in [2.75, 3.05) is 0 Å². The molecule has 0 aliphatic carbocycles. The van der Waals surface area contributed by atoms with Gasteiger partial charge in [-0.25, -0.2) is 0 Å². The number of rotatable bonds is 5. The molecule has 0 aromatic rings. The average molecular weight is 143 g/mol. The van der Waals surface area contributed by atoms with Crippen LogP contribution in [0.1, 0.15) is 26.7 Å². The van der Waals surface area contributed by atoms with Gasteiger partial charge in [-0.3, -0.25) is 0 Å². The van der Waals surface area contributed by atoms with E-state index in [1.807, 2.05) is 5.70 Å². The molecule has 1 N–H and O–H groups in total. The zero-order valence-electron chi connectivity index (χ0n) is 6.48. The van der Waals surface area contributed by atoms with Crippen LogP contribution in [0.2, 0.25) is 0 Å². The van der Waals surface area contributed by atoms with E-state index in [2.05, 4.69) is 25.4 Å². The molecule has 0 spiro atoms. The Kier molecular flexibility index (Phi) is 5.99. The maximum absolute atomic E-state index is 3.70. The first-order chi connectivity index (χ1) is 4.35. The third-order valence-corrected chi connectivity index (χ3v) is 2.64. The highest BCUT2D eigenvalue weighted by Crippen LogP contribution is 1.93. The molecule has 0 unspecified atom stereocenters. The Bertz CT molecular complexity index is 69.3. The molecule has 0 fully saturated rings. The van der Waals surface area contributed by atoms with Gasteiger partial charge in [-0.15, -0.1) is 6.58 Å². The normalized spacial score (nSPS) is 11.4. The molecule has 2 heteroatoms. The van der Waals surface area contributed by atoms with Crippen molar-refractivity contribution in [2.24, 2.45) is 0 Å². The summed E-state index contributed by atoms with van der Waals surface area (Å²) in [6.45, 7) is 8.14. The van der Waals surface area contributed by atoms with Crippen molar-refractivity contribution in [3.63, 3.8) is 0 Å². The van der Waals surface area contributed by atoms with E-state index in [0.717, 1.165) is 6.04 Å². The second-order valence-corrected chi connectivity index (χ2v) is 3.60. The van der Waals surface area contributed by atoms with Crippen molar-refractivity contribution in [1.82, 2.24) is 4.98 Å². The maximum Gasteiger partial charge on any atom is 0.116 e. The fourth-order valence-corrected chi connectivity index (χ4v) is 1.90. The summed E-state index contributed by atoms with van der Waals surface area (Å²) in [5.74, 6) is 0. The molecule has 0 aliphatic heterocycles. The van der Waals surface area contributed by atoms with Crippen LogP contribution in [0.15, 0.2) is 12.3 Å². The minimum Gasteiger partial charge on any atom is -0.336 e. The lowest BCUT2D eigenvalue weighted by atomic mass is 10.2. The van der Waals surface area contributed by atoms with Crippen LogP contribution in [0, 0.1) is 0 Å². The van der Waals surface area contributed by atoms with E-state index in [9.17, 15) is 0 Å². The highest BCUT2D eigenvalue weighted by molar-refractivity contribution is 6.38. The molecular formula is C7H17NSi. The van der Waals surface area contributed by atoms with Crippen molar-refractivity contribution in [3.8, 4) is 0 Å². The number of hydrogen-bond acceptors (Lipinski definition) is 1. The third-order valence-electron chi connectivity index (χ3n) is 1.54. The number of hydrogen-bond donors (Lipinski definition) is 1. The van der Waals surface area contributed by atoms with E-state index in [-0.39, 0.29) is 9.68 Å². The molecular weight excluding hydrogens is 126 g/mol. The molecule has 54 valence electrons. The predicted octanol–water partition coefficient (Wildman–Crippen LogP) is 0.992. The summed E-state index contributed by atoms with van der Waals surface area (Å²) < 4.78 is 0. The minimum absolute atomic E-state index is 0.134. The molecule has 0 atom stereocenters. The monoisotopic (exact) mass is 143 g/mol. The van der Waals surface area contributed by atoms with Crippen molar-refractivity contribution in [2.45, 2.75) is 32.7 Å². The van der Waals surface area contributed by atoms with Crippen molar-refractivity contribution in [3.05, 3.63) is 12.3 Å². The molecule has 0 aliphatic rings. The van der Waals surface area contributed by atoms with E-state index in [4.69, 9.17) is 0 Å². The Labute approximate surface area is 60.4 Å². The molecule has 0 amide bonds. The highest BCUT2D eigenvalue weighted by Gasteiger charge is 1.97. The van der Waals surface area contributed by atoms with Gasteiger partial charge in [0.2, 0.25) is 0 Å². The first kappa shape index (κ1) is 8.92. The van der Waals surface area contributed by atoms with Gasteiger partial charge in [-0.05, 0) is 18.9 Å². The average Bonchev–Trinajstić information content (AvgIpc) is 1.91. The Morgan fingerprint density at radius 1 is 1.56 bits per heavy atom. The van der Waals surface area contributed by atoms with Gasteiger partial charge in [-0.1, -0.05) is 19.5 Å². The van der Waals surface area contributed by atoms with Crippen molar-refractivity contribution < 1.29 is 0 Å². The lowest BCUT2D eigenvalue weighted by molar-refractivity contribution is 0.582. The summed E-state index contributed by atoms with van der Waals surface area (Å²) in [7, 11) is -0.134. The molecule has 0 bridgehead atoms. The molecule has 0 aromatic carbocycles. The van der Waals surface area contributed by atoms with Gasteiger partial charge >= 0.3 is 0 Å². The van der Waals surface area contributed by atoms with Gasteiger partial charge in [-0.2, -0.15) is 0 Å². The van der Waals surface area contributed by atoms with E-state index < -0.39 is 0 Å². The topological polar surface area (TPSA) is 12.0 Å². The lowest BCUT2D eigenvalue weighted by Crippen LogP contribution is -2.29. The van der Waals surface area contributed by atoms with Crippen LogP contribution < -0.4 is 4.98 Å². The van der Waals surface area contributed by atoms with Gasteiger partial charge in [0.05, 0.1) is 0 Å². The van der Waals surface area contributed by atoms with Gasteiger partial charge in [0, 0.05) is 0 Å².